The van der Waals surface area contributed by atoms with Gasteiger partial charge in [0.1, 0.15) is 6.10 Å². The second kappa shape index (κ2) is 11.6. The third kappa shape index (κ3) is 6.45. The summed E-state index contributed by atoms with van der Waals surface area (Å²) in [4.78, 5) is 23.3. The number of halogens is 1. The van der Waals surface area contributed by atoms with E-state index in [1.807, 2.05) is 25.3 Å². The summed E-state index contributed by atoms with van der Waals surface area (Å²) in [6.07, 6.45) is 6.90. The molecule has 1 aliphatic heterocycles. The Hall–Kier alpha value is -1.58. The number of aliphatic imine (C=N–C) groups is 1. The van der Waals surface area contributed by atoms with E-state index < -0.39 is 0 Å². The average Bonchev–Trinajstić information content (AvgIpc) is 3.35. The van der Waals surface area contributed by atoms with Gasteiger partial charge in [-0.15, -0.1) is 24.0 Å². The summed E-state index contributed by atoms with van der Waals surface area (Å²) < 4.78 is 10.9. The molecule has 2 atom stereocenters. The second-order valence-corrected chi connectivity index (χ2v) is 7.71. The van der Waals surface area contributed by atoms with Crippen molar-refractivity contribution in [2.75, 3.05) is 26.7 Å². The Balaban J connectivity index is 0.00000300. The first kappa shape index (κ1) is 23.7. The highest BCUT2D eigenvalue weighted by Crippen LogP contribution is 2.25. The molecule has 1 aliphatic carbocycles. The van der Waals surface area contributed by atoms with Crippen molar-refractivity contribution in [3.8, 4) is 5.88 Å². The second-order valence-electron chi connectivity index (χ2n) is 7.71. The van der Waals surface area contributed by atoms with Gasteiger partial charge in [0, 0.05) is 31.9 Å². The van der Waals surface area contributed by atoms with Gasteiger partial charge in [-0.25, -0.2) is 9.98 Å². The molecule has 0 amide bonds. The number of methoxy groups -OCH3 is 1. The fourth-order valence-electron chi connectivity index (χ4n) is 3.94. The van der Waals surface area contributed by atoms with Crippen LogP contribution >= 0.6 is 24.0 Å². The van der Waals surface area contributed by atoms with E-state index in [1.165, 1.54) is 20.0 Å². The molecule has 2 heterocycles. The van der Waals surface area contributed by atoms with Crippen LogP contribution in [0.1, 0.15) is 45.1 Å². The van der Waals surface area contributed by atoms with Crippen molar-refractivity contribution in [2.45, 2.75) is 52.2 Å². The highest BCUT2D eigenvalue weighted by atomic mass is 127. The normalized spacial score (nSPS) is 22.3. The lowest BCUT2D eigenvalue weighted by Crippen LogP contribution is -2.40. The molecular weight excluding hydrogens is 483 g/mol. The molecule has 3 rings (SSSR count). The minimum absolute atomic E-state index is 0. The lowest BCUT2D eigenvalue weighted by molar-refractivity contribution is -0.145. The highest BCUT2D eigenvalue weighted by molar-refractivity contribution is 14.0. The van der Waals surface area contributed by atoms with Crippen molar-refractivity contribution in [1.82, 2.24) is 15.2 Å². The van der Waals surface area contributed by atoms with Gasteiger partial charge in [-0.1, -0.05) is 13.0 Å². The van der Waals surface area contributed by atoms with E-state index in [-0.39, 0.29) is 41.8 Å². The molecule has 2 unspecified atom stereocenters. The summed E-state index contributed by atoms with van der Waals surface area (Å²) in [7, 11) is 1.45. The zero-order valence-corrected chi connectivity index (χ0v) is 19.9. The molecule has 1 aromatic rings. The van der Waals surface area contributed by atoms with Gasteiger partial charge in [-0.05, 0) is 44.1 Å². The minimum atomic E-state index is -0.145. The van der Waals surface area contributed by atoms with Crippen molar-refractivity contribution < 1.29 is 14.3 Å². The molecule has 2 fully saturated rings. The topological polar surface area (TPSA) is 76.1 Å². The van der Waals surface area contributed by atoms with Crippen LogP contribution in [-0.4, -0.2) is 54.7 Å². The van der Waals surface area contributed by atoms with E-state index in [1.54, 1.807) is 0 Å². The van der Waals surface area contributed by atoms with E-state index in [0.29, 0.717) is 25.1 Å². The maximum Gasteiger partial charge on any atom is 0.310 e. The van der Waals surface area contributed by atoms with Gasteiger partial charge in [0.25, 0.3) is 0 Å². The lowest BCUT2D eigenvalue weighted by atomic mass is 9.99. The maximum absolute atomic E-state index is 12.0. The predicted molar refractivity (Wildman–Crippen MR) is 124 cm³/mol. The molecule has 0 bridgehead atoms. The molecule has 1 N–H and O–H groups in total. The number of ether oxygens (including phenoxy) is 2. The van der Waals surface area contributed by atoms with Crippen LogP contribution in [-0.2, 0) is 16.1 Å². The first-order valence-electron chi connectivity index (χ1n) is 10.3. The molecule has 1 saturated carbocycles. The Morgan fingerprint density at radius 3 is 2.69 bits per heavy atom. The Morgan fingerprint density at radius 1 is 1.31 bits per heavy atom. The quantitative estimate of drug-likeness (QED) is 0.271. The lowest BCUT2D eigenvalue weighted by Gasteiger charge is -2.21. The smallest absolute Gasteiger partial charge is 0.310 e. The first-order valence-corrected chi connectivity index (χ1v) is 10.3. The zero-order valence-electron chi connectivity index (χ0n) is 17.6. The zero-order chi connectivity index (χ0) is 19.9. The van der Waals surface area contributed by atoms with Crippen LogP contribution in [0.3, 0.4) is 0 Å². The standard InChI is InChI=1S/C21H32N4O3.HI/c1-4-22-21(25-13-15(2)18(14-25)20(26)27-3)24-12-16-9-10-19(23-11-16)28-17-7-5-6-8-17;/h9-11,15,17-18H,4-8,12-14H2,1-3H3,(H,22,24);1H. The third-order valence-corrected chi connectivity index (χ3v) is 5.55. The fraction of sp³-hybridized carbons (Fsp3) is 0.667. The summed E-state index contributed by atoms with van der Waals surface area (Å²) in [5, 5.41) is 3.33. The minimum Gasteiger partial charge on any atom is -0.474 e. The molecule has 0 aromatic carbocycles. The Morgan fingerprint density at radius 2 is 2.07 bits per heavy atom. The van der Waals surface area contributed by atoms with E-state index >= 15 is 0 Å². The van der Waals surface area contributed by atoms with E-state index in [2.05, 4.69) is 22.1 Å². The van der Waals surface area contributed by atoms with Crippen molar-refractivity contribution in [1.29, 1.82) is 0 Å². The number of hydrogen-bond acceptors (Lipinski definition) is 5. The van der Waals surface area contributed by atoms with Gasteiger partial charge in [-0.2, -0.15) is 0 Å². The number of likely N-dealkylation sites (tertiary alicyclic amines) is 1. The molecular formula is C21H33IN4O3. The van der Waals surface area contributed by atoms with Crippen LogP contribution in [0.2, 0.25) is 0 Å². The number of nitrogens with zero attached hydrogens (tertiary/aromatic N) is 3. The van der Waals surface area contributed by atoms with Gasteiger partial charge in [0.2, 0.25) is 5.88 Å². The summed E-state index contributed by atoms with van der Waals surface area (Å²) in [5.41, 5.74) is 1.03. The van der Waals surface area contributed by atoms with Crippen molar-refractivity contribution in [3.63, 3.8) is 0 Å². The number of carbonyl (C=O) groups excluding carboxylic acids is 1. The van der Waals surface area contributed by atoms with E-state index in [0.717, 1.165) is 37.5 Å². The molecule has 1 saturated heterocycles. The van der Waals surface area contributed by atoms with Crippen LogP contribution in [0, 0.1) is 11.8 Å². The number of carbonyl (C=O) groups is 1. The van der Waals surface area contributed by atoms with Crippen LogP contribution < -0.4 is 10.1 Å². The number of nitrogens with one attached hydrogen (secondary N) is 1. The molecule has 0 radical (unpaired) electrons. The molecule has 2 aliphatic rings. The van der Waals surface area contributed by atoms with Gasteiger partial charge >= 0.3 is 5.97 Å². The molecule has 162 valence electrons. The van der Waals surface area contributed by atoms with Gasteiger partial charge < -0.3 is 19.7 Å². The number of rotatable bonds is 6. The monoisotopic (exact) mass is 516 g/mol. The molecule has 8 heteroatoms. The molecule has 29 heavy (non-hydrogen) atoms. The Bertz CT molecular complexity index is 677. The number of hydrogen-bond donors (Lipinski definition) is 1. The average molecular weight is 516 g/mol. The Kier molecular flexibility index (Phi) is 9.45. The van der Waals surface area contributed by atoms with Crippen molar-refractivity contribution >= 4 is 35.9 Å². The fourth-order valence-corrected chi connectivity index (χ4v) is 3.94. The number of aromatic nitrogens is 1. The van der Waals surface area contributed by atoms with Crippen LogP contribution in [0.25, 0.3) is 0 Å². The van der Waals surface area contributed by atoms with Crippen molar-refractivity contribution in [2.24, 2.45) is 16.8 Å². The largest absolute Gasteiger partial charge is 0.474 e. The first-order chi connectivity index (χ1) is 13.6. The highest BCUT2D eigenvalue weighted by Gasteiger charge is 2.36. The van der Waals surface area contributed by atoms with Gasteiger partial charge in [-0.3, -0.25) is 4.79 Å². The molecule has 1 aromatic heterocycles. The van der Waals surface area contributed by atoms with Crippen LogP contribution in [0.4, 0.5) is 0 Å². The molecule has 7 nitrogen and oxygen atoms in total. The summed E-state index contributed by atoms with van der Waals surface area (Å²) in [6.45, 7) is 6.86. The predicted octanol–water partition coefficient (Wildman–Crippen LogP) is 3.23. The maximum atomic E-state index is 12.0. The van der Waals surface area contributed by atoms with E-state index in [4.69, 9.17) is 14.5 Å². The Labute approximate surface area is 190 Å². The summed E-state index contributed by atoms with van der Waals surface area (Å²) >= 11 is 0. The summed E-state index contributed by atoms with van der Waals surface area (Å²) in [5.74, 6) is 1.51. The third-order valence-electron chi connectivity index (χ3n) is 5.55. The SMILES string of the molecule is CCNC(=NCc1ccc(OC2CCCC2)nc1)N1CC(C)C(C(=O)OC)C1.I. The molecule has 0 spiro atoms. The number of esters is 1. The van der Waals surface area contributed by atoms with Gasteiger partial charge in [0.15, 0.2) is 5.96 Å². The van der Waals surface area contributed by atoms with Gasteiger partial charge in [0.05, 0.1) is 19.6 Å². The van der Waals surface area contributed by atoms with Crippen LogP contribution in [0.15, 0.2) is 23.3 Å². The van der Waals surface area contributed by atoms with E-state index in [9.17, 15) is 4.79 Å². The number of guanidine groups is 1. The van der Waals surface area contributed by atoms with Crippen LogP contribution in [0.5, 0.6) is 5.88 Å². The number of pyridine rings is 1. The van der Waals surface area contributed by atoms with Crippen molar-refractivity contribution in [3.05, 3.63) is 23.9 Å². The summed E-state index contributed by atoms with van der Waals surface area (Å²) in [6, 6.07) is 3.95.